The second-order valence-corrected chi connectivity index (χ2v) is 9.27. The van der Waals surface area contributed by atoms with Crippen molar-refractivity contribution in [2.75, 3.05) is 46.1 Å². The maximum absolute atomic E-state index is 13.4. The van der Waals surface area contributed by atoms with E-state index < -0.39 is 30.5 Å². The van der Waals surface area contributed by atoms with Crippen LogP contribution >= 0.6 is 0 Å². The van der Waals surface area contributed by atoms with Crippen molar-refractivity contribution in [2.24, 2.45) is 16.9 Å². The second-order valence-electron chi connectivity index (χ2n) is 9.27. The number of nitrogens with one attached hydrogen (secondary N) is 1. The predicted octanol–water partition coefficient (Wildman–Crippen LogP) is 4.13. The number of allylic oxidation sites excluding steroid dienone is 4. The number of carbonyl (C=O) groups excluding carboxylic acids is 1. The van der Waals surface area contributed by atoms with Gasteiger partial charge in [0.05, 0.1) is 25.2 Å². The van der Waals surface area contributed by atoms with Crippen LogP contribution in [-0.4, -0.2) is 80.7 Å². The van der Waals surface area contributed by atoms with Gasteiger partial charge in [0.15, 0.2) is 0 Å². The molecule has 0 aromatic heterocycles. The van der Waals surface area contributed by atoms with E-state index in [1.807, 2.05) is 0 Å². The van der Waals surface area contributed by atoms with Gasteiger partial charge in [0.1, 0.15) is 12.5 Å². The monoisotopic (exact) mass is 504 g/mol. The van der Waals surface area contributed by atoms with Crippen molar-refractivity contribution in [2.45, 2.75) is 44.8 Å². The van der Waals surface area contributed by atoms with Crippen LogP contribution in [0.5, 0.6) is 0 Å². The largest absolute Gasteiger partial charge is 0.395 e. The van der Waals surface area contributed by atoms with Crippen molar-refractivity contribution < 1.29 is 31.5 Å². The molecule has 0 aromatic carbocycles. The Morgan fingerprint density at radius 1 is 1.26 bits per heavy atom. The van der Waals surface area contributed by atoms with Crippen molar-refractivity contribution >= 4 is 12.6 Å². The molecule has 35 heavy (non-hydrogen) atoms. The van der Waals surface area contributed by atoms with Crippen LogP contribution in [-0.2, 0) is 9.53 Å². The van der Waals surface area contributed by atoms with Crippen LogP contribution in [0.15, 0.2) is 39.9 Å². The number of rotatable bonds is 9. The molecule has 11 heteroatoms. The summed E-state index contributed by atoms with van der Waals surface area (Å²) < 4.78 is 71.2. The third-order valence-electron chi connectivity index (χ3n) is 7.10. The fourth-order valence-electron chi connectivity index (χ4n) is 4.78. The number of hydrazone groups is 1. The molecule has 2 saturated heterocycles. The molecule has 3 heterocycles. The maximum atomic E-state index is 13.4. The molecule has 3 rings (SSSR count). The first kappa shape index (κ1) is 27.3. The fraction of sp³-hybridized carbons (Fsp3) is 0.667. The van der Waals surface area contributed by atoms with Crippen LogP contribution in [0, 0.1) is 11.8 Å². The van der Waals surface area contributed by atoms with E-state index in [1.54, 1.807) is 4.90 Å². The van der Waals surface area contributed by atoms with Gasteiger partial charge in [0, 0.05) is 45.0 Å². The van der Waals surface area contributed by atoms with E-state index in [4.69, 9.17) is 4.74 Å². The van der Waals surface area contributed by atoms with E-state index in [1.165, 1.54) is 0 Å². The Labute approximate surface area is 202 Å². The summed E-state index contributed by atoms with van der Waals surface area (Å²) in [7, 11) is 0. The molecule has 3 aliphatic rings. The first-order valence-corrected chi connectivity index (χ1v) is 11.8. The van der Waals surface area contributed by atoms with E-state index in [2.05, 4.69) is 22.1 Å². The summed E-state index contributed by atoms with van der Waals surface area (Å²) in [5, 5.41) is 3.77. The summed E-state index contributed by atoms with van der Waals surface area (Å²) in [5.74, 6) is -3.45. The minimum Gasteiger partial charge on any atom is -0.378 e. The average Bonchev–Trinajstić information content (AvgIpc) is 2.79. The lowest BCUT2D eigenvalue weighted by atomic mass is 9.81. The van der Waals surface area contributed by atoms with Crippen molar-refractivity contribution in [3.8, 4) is 0 Å². The molecule has 2 fully saturated rings. The van der Waals surface area contributed by atoms with Crippen LogP contribution in [0.4, 0.5) is 22.0 Å². The first-order valence-electron chi connectivity index (χ1n) is 11.8. The Morgan fingerprint density at radius 2 is 1.94 bits per heavy atom. The Bertz CT molecular complexity index is 858. The van der Waals surface area contributed by atoms with E-state index in [0.717, 1.165) is 36.9 Å². The van der Waals surface area contributed by atoms with E-state index in [9.17, 15) is 26.7 Å². The number of hydrogen-bond donors (Lipinski definition) is 1. The van der Waals surface area contributed by atoms with Gasteiger partial charge in [-0.1, -0.05) is 11.6 Å². The summed E-state index contributed by atoms with van der Waals surface area (Å²) in [6.07, 6.45) is -1.09. The smallest absolute Gasteiger partial charge is 0.378 e. The van der Waals surface area contributed by atoms with Crippen molar-refractivity contribution in [3.63, 3.8) is 0 Å². The highest BCUT2D eigenvalue weighted by Crippen LogP contribution is 2.39. The molecule has 196 valence electrons. The number of carbonyl (C=O) groups is 1. The highest BCUT2D eigenvalue weighted by Gasteiger charge is 2.41. The maximum Gasteiger partial charge on any atom is 0.395 e. The van der Waals surface area contributed by atoms with E-state index in [0.29, 0.717) is 58.2 Å². The van der Waals surface area contributed by atoms with E-state index >= 15 is 0 Å². The summed E-state index contributed by atoms with van der Waals surface area (Å²) >= 11 is 0. The molecular formula is C24H33F5N4O2. The van der Waals surface area contributed by atoms with Gasteiger partial charge in [-0.25, -0.2) is 8.78 Å². The van der Waals surface area contributed by atoms with Crippen LogP contribution in [0.25, 0.3) is 0 Å². The molecule has 1 N–H and O–H groups in total. The SMILES string of the molecule is C=NNC1=C(CC(=O)N2CCC(/C(=C/C=C(/F)CF)C(C)C(F)(F)F)CC2)CCN(C2COC2)C1. The number of piperidine rings is 1. The molecule has 0 aliphatic carbocycles. The molecule has 1 atom stereocenters. The molecule has 6 nitrogen and oxygen atoms in total. The Kier molecular flexibility index (Phi) is 9.46. The third-order valence-corrected chi connectivity index (χ3v) is 7.10. The summed E-state index contributed by atoms with van der Waals surface area (Å²) in [6.45, 7) is 6.59. The third kappa shape index (κ3) is 7.13. The van der Waals surface area contributed by atoms with Crippen LogP contribution in [0.1, 0.15) is 32.6 Å². The molecule has 0 bridgehead atoms. The zero-order valence-corrected chi connectivity index (χ0v) is 19.9. The minimum absolute atomic E-state index is 0.0202. The number of hydrogen-bond acceptors (Lipinski definition) is 5. The molecule has 0 aromatic rings. The van der Waals surface area contributed by atoms with Gasteiger partial charge < -0.3 is 9.64 Å². The summed E-state index contributed by atoms with van der Waals surface area (Å²) in [5.41, 5.74) is 4.75. The zero-order chi connectivity index (χ0) is 25.6. The quantitative estimate of drug-likeness (QED) is 0.222. The lowest BCUT2D eigenvalue weighted by Crippen LogP contribution is -2.52. The standard InChI is InChI=1S/C24H33F5N4O2/c1-16(24(27,28)29)21(4-3-19(26)12-25)17-5-8-32(9-6-17)23(34)11-18-7-10-33(20-14-35-15-20)13-22(18)31-30-2/h3-4,16-17,20,31H,2,5-15H2,1H3/b19-3+,21-4+. The van der Waals surface area contributed by atoms with Gasteiger partial charge in [-0.15, -0.1) is 0 Å². The fourth-order valence-corrected chi connectivity index (χ4v) is 4.78. The lowest BCUT2D eigenvalue weighted by Gasteiger charge is -2.41. The average molecular weight is 505 g/mol. The number of amides is 1. The van der Waals surface area contributed by atoms with Crippen LogP contribution in [0.2, 0.25) is 0 Å². The highest BCUT2D eigenvalue weighted by molar-refractivity contribution is 5.79. The van der Waals surface area contributed by atoms with Crippen molar-refractivity contribution in [1.29, 1.82) is 0 Å². The van der Waals surface area contributed by atoms with Gasteiger partial charge in [-0.2, -0.15) is 18.3 Å². The number of likely N-dealkylation sites (tertiary alicyclic amines) is 1. The summed E-state index contributed by atoms with van der Waals surface area (Å²) in [4.78, 5) is 17.0. The molecule has 1 amide bonds. The number of nitrogens with zero attached hydrogens (tertiary/aromatic N) is 3. The molecule has 0 radical (unpaired) electrons. The summed E-state index contributed by atoms with van der Waals surface area (Å²) in [6, 6.07) is 0.363. The second kappa shape index (κ2) is 12.1. The number of alkyl halides is 4. The van der Waals surface area contributed by atoms with Crippen LogP contribution < -0.4 is 5.43 Å². The van der Waals surface area contributed by atoms with Crippen LogP contribution in [0.3, 0.4) is 0 Å². The van der Waals surface area contributed by atoms with Gasteiger partial charge in [-0.3, -0.25) is 15.1 Å². The Balaban J connectivity index is 1.63. The highest BCUT2D eigenvalue weighted by atomic mass is 19.4. The Hall–Kier alpha value is -2.27. The zero-order valence-electron chi connectivity index (χ0n) is 19.9. The molecular weight excluding hydrogens is 471 g/mol. The van der Waals surface area contributed by atoms with Gasteiger partial charge in [-0.05, 0) is 43.8 Å². The van der Waals surface area contributed by atoms with Gasteiger partial charge >= 0.3 is 6.18 Å². The molecule has 3 aliphatic heterocycles. The predicted molar refractivity (Wildman–Crippen MR) is 123 cm³/mol. The van der Waals surface area contributed by atoms with E-state index in [-0.39, 0.29) is 17.9 Å². The first-order chi connectivity index (χ1) is 16.6. The van der Waals surface area contributed by atoms with Gasteiger partial charge in [0.2, 0.25) is 5.91 Å². The van der Waals surface area contributed by atoms with Gasteiger partial charge in [0.25, 0.3) is 0 Å². The lowest BCUT2D eigenvalue weighted by molar-refractivity contribution is -0.161. The Morgan fingerprint density at radius 3 is 2.49 bits per heavy atom. The molecule has 1 unspecified atom stereocenters. The minimum atomic E-state index is -4.49. The molecule has 0 saturated carbocycles. The molecule has 0 spiro atoms. The van der Waals surface area contributed by atoms with Crippen molar-refractivity contribution in [3.05, 3.63) is 34.8 Å². The topological polar surface area (TPSA) is 57.2 Å². The number of halogens is 5. The number of ether oxygens (including phenoxy) is 1. The van der Waals surface area contributed by atoms with Crippen molar-refractivity contribution in [1.82, 2.24) is 15.2 Å². The normalized spacial score (nSPS) is 22.7.